The molecule has 2 rings (SSSR count). The quantitative estimate of drug-likeness (QED) is 0.820. The zero-order valence-corrected chi connectivity index (χ0v) is 10.8. The lowest BCUT2D eigenvalue weighted by Gasteiger charge is -2.31. The van der Waals surface area contributed by atoms with Crippen molar-refractivity contribution >= 4 is 0 Å². The van der Waals surface area contributed by atoms with Crippen molar-refractivity contribution in [3.8, 4) is 5.75 Å². The van der Waals surface area contributed by atoms with Crippen LogP contribution in [0.4, 0.5) is 0 Å². The van der Waals surface area contributed by atoms with Gasteiger partial charge in [0.15, 0.2) is 0 Å². The van der Waals surface area contributed by atoms with E-state index in [0.29, 0.717) is 6.04 Å². The van der Waals surface area contributed by atoms with E-state index in [0.717, 1.165) is 11.3 Å². The molecule has 1 saturated carbocycles. The van der Waals surface area contributed by atoms with Crippen LogP contribution in [0.5, 0.6) is 5.75 Å². The van der Waals surface area contributed by atoms with Gasteiger partial charge in [-0.2, -0.15) is 0 Å². The molecule has 1 fully saturated rings. The average molecular weight is 235 g/mol. The van der Waals surface area contributed by atoms with Gasteiger partial charge in [-0.05, 0) is 32.8 Å². The fourth-order valence-electron chi connectivity index (χ4n) is 2.14. The molecule has 0 saturated heterocycles. The number of hydrogen-bond donors (Lipinski definition) is 2. The Morgan fingerprint density at radius 1 is 1.47 bits per heavy atom. The summed E-state index contributed by atoms with van der Waals surface area (Å²) in [6, 6.07) is 6.62. The normalized spacial score (nSPS) is 18.8. The summed E-state index contributed by atoms with van der Waals surface area (Å²) in [6.07, 6.45) is 2.40. The lowest BCUT2D eigenvalue weighted by Crippen LogP contribution is -2.44. The highest BCUT2D eigenvalue weighted by Gasteiger charge is 2.35. The largest absolute Gasteiger partial charge is 0.496 e. The van der Waals surface area contributed by atoms with E-state index in [1.165, 1.54) is 18.4 Å². The molecule has 3 nitrogen and oxygen atoms in total. The van der Waals surface area contributed by atoms with Crippen molar-refractivity contribution in [2.45, 2.75) is 38.3 Å². The number of aryl methyl sites for hydroxylation is 1. The molecule has 0 heterocycles. The summed E-state index contributed by atoms with van der Waals surface area (Å²) in [7, 11) is 1.67. The van der Waals surface area contributed by atoms with Crippen LogP contribution in [-0.4, -0.2) is 24.9 Å². The zero-order valence-electron chi connectivity index (χ0n) is 10.8. The SMILES string of the molecule is COc1ccc(C)cc1C(C)(CO)NC1CC1. The minimum atomic E-state index is -0.418. The summed E-state index contributed by atoms with van der Waals surface area (Å²) in [5.41, 5.74) is 1.80. The van der Waals surface area contributed by atoms with Gasteiger partial charge in [0.05, 0.1) is 19.3 Å². The number of aliphatic hydroxyl groups excluding tert-OH is 1. The molecule has 0 radical (unpaired) electrons. The van der Waals surface area contributed by atoms with E-state index in [9.17, 15) is 5.11 Å². The Balaban J connectivity index is 2.36. The molecule has 94 valence electrons. The molecular formula is C14H21NO2. The van der Waals surface area contributed by atoms with Crippen LogP contribution in [0.3, 0.4) is 0 Å². The first-order valence-electron chi connectivity index (χ1n) is 6.13. The number of ether oxygens (including phenoxy) is 1. The maximum absolute atomic E-state index is 9.71. The van der Waals surface area contributed by atoms with E-state index >= 15 is 0 Å². The third-order valence-corrected chi connectivity index (χ3v) is 3.37. The predicted molar refractivity (Wildman–Crippen MR) is 68.3 cm³/mol. The molecule has 2 N–H and O–H groups in total. The van der Waals surface area contributed by atoms with Crippen LogP contribution in [0.1, 0.15) is 30.9 Å². The molecule has 17 heavy (non-hydrogen) atoms. The van der Waals surface area contributed by atoms with E-state index in [1.54, 1.807) is 7.11 Å². The molecule has 0 amide bonds. The van der Waals surface area contributed by atoms with Crippen molar-refractivity contribution < 1.29 is 9.84 Å². The highest BCUT2D eigenvalue weighted by molar-refractivity contribution is 5.42. The summed E-state index contributed by atoms with van der Waals surface area (Å²) in [6.45, 7) is 4.16. The number of hydrogen-bond acceptors (Lipinski definition) is 3. The van der Waals surface area contributed by atoms with Gasteiger partial charge in [0.2, 0.25) is 0 Å². The topological polar surface area (TPSA) is 41.5 Å². The summed E-state index contributed by atoms with van der Waals surface area (Å²) in [5, 5.41) is 13.2. The van der Waals surface area contributed by atoms with E-state index in [1.807, 2.05) is 19.1 Å². The van der Waals surface area contributed by atoms with E-state index in [4.69, 9.17) is 4.74 Å². The van der Waals surface area contributed by atoms with Gasteiger partial charge in [-0.3, -0.25) is 0 Å². The monoisotopic (exact) mass is 235 g/mol. The minimum absolute atomic E-state index is 0.0727. The van der Waals surface area contributed by atoms with E-state index in [2.05, 4.69) is 18.3 Å². The second-order valence-corrected chi connectivity index (χ2v) is 5.11. The standard InChI is InChI=1S/C14H21NO2/c1-10-4-7-13(17-3)12(8-10)14(2,9-16)15-11-5-6-11/h4,7-8,11,15-16H,5-6,9H2,1-3H3. The van der Waals surface area contributed by atoms with Gasteiger partial charge in [0, 0.05) is 11.6 Å². The summed E-state index contributed by atoms with van der Waals surface area (Å²) >= 11 is 0. The molecule has 3 heteroatoms. The maximum Gasteiger partial charge on any atom is 0.124 e. The highest BCUT2D eigenvalue weighted by atomic mass is 16.5. The van der Waals surface area contributed by atoms with E-state index < -0.39 is 5.54 Å². The fourth-order valence-corrected chi connectivity index (χ4v) is 2.14. The van der Waals surface area contributed by atoms with Crippen LogP contribution in [0.25, 0.3) is 0 Å². The van der Waals surface area contributed by atoms with Crippen LogP contribution in [-0.2, 0) is 5.54 Å². The Labute approximate surface area is 103 Å². The molecule has 0 bridgehead atoms. The second kappa shape index (κ2) is 4.67. The van der Waals surface area contributed by atoms with Crippen molar-refractivity contribution in [1.82, 2.24) is 5.32 Å². The molecule has 0 aromatic heterocycles. The van der Waals surface area contributed by atoms with Crippen LogP contribution in [0, 0.1) is 6.92 Å². The Hall–Kier alpha value is -1.06. The van der Waals surface area contributed by atoms with Crippen LogP contribution in [0.15, 0.2) is 18.2 Å². The van der Waals surface area contributed by atoms with E-state index in [-0.39, 0.29) is 6.61 Å². The summed E-state index contributed by atoms with van der Waals surface area (Å²) < 4.78 is 5.40. The first-order chi connectivity index (χ1) is 8.09. The second-order valence-electron chi connectivity index (χ2n) is 5.11. The van der Waals surface area contributed by atoms with Gasteiger partial charge in [0.25, 0.3) is 0 Å². The zero-order chi connectivity index (χ0) is 12.5. The molecule has 1 aliphatic carbocycles. The van der Waals surface area contributed by atoms with Crippen LogP contribution >= 0.6 is 0 Å². The Morgan fingerprint density at radius 3 is 2.71 bits per heavy atom. The molecule has 1 unspecified atom stereocenters. The first kappa shape index (κ1) is 12.4. The lowest BCUT2D eigenvalue weighted by molar-refractivity contribution is 0.170. The number of nitrogens with one attached hydrogen (secondary N) is 1. The first-order valence-corrected chi connectivity index (χ1v) is 6.13. The van der Waals surface area contributed by atoms with Crippen molar-refractivity contribution in [3.63, 3.8) is 0 Å². The van der Waals surface area contributed by atoms with Crippen molar-refractivity contribution in [2.75, 3.05) is 13.7 Å². The fraction of sp³-hybridized carbons (Fsp3) is 0.571. The van der Waals surface area contributed by atoms with Crippen molar-refractivity contribution in [2.24, 2.45) is 0 Å². The molecule has 0 spiro atoms. The van der Waals surface area contributed by atoms with Gasteiger partial charge in [-0.15, -0.1) is 0 Å². The Kier molecular flexibility index (Phi) is 3.40. The Morgan fingerprint density at radius 2 is 2.18 bits per heavy atom. The number of benzene rings is 1. The number of aliphatic hydroxyl groups is 1. The molecule has 1 aromatic rings. The van der Waals surface area contributed by atoms with Crippen LogP contribution < -0.4 is 10.1 Å². The third kappa shape index (κ3) is 2.61. The smallest absolute Gasteiger partial charge is 0.124 e. The maximum atomic E-state index is 9.71. The van der Waals surface area contributed by atoms with Gasteiger partial charge >= 0.3 is 0 Å². The lowest BCUT2D eigenvalue weighted by atomic mass is 9.90. The van der Waals surface area contributed by atoms with Crippen molar-refractivity contribution in [3.05, 3.63) is 29.3 Å². The number of methoxy groups -OCH3 is 1. The summed E-state index contributed by atoms with van der Waals surface area (Å²) in [4.78, 5) is 0. The molecule has 0 aliphatic heterocycles. The highest BCUT2D eigenvalue weighted by Crippen LogP contribution is 2.34. The predicted octanol–water partition coefficient (Wildman–Crippen LogP) is 1.96. The van der Waals surface area contributed by atoms with Crippen molar-refractivity contribution in [1.29, 1.82) is 0 Å². The molecule has 1 atom stereocenters. The third-order valence-electron chi connectivity index (χ3n) is 3.37. The van der Waals surface area contributed by atoms with Gasteiger partial charge < -0.3 is 15.2 Å². The number of rotatable bonds is 5. The minimum Gasteiger partial charge on any atom is -0.496 e. The molecular weight excluding hydrogens is 214 g/mol. The van der Waals surface area contributed by atoms with Gasteiger partial charge in [-0.25, -0.2) is 0 Å². The van der Waals surface area contributed by atoms with Gasteiger partial charge in [0.1, 0.15) is 5.75 Å². The summed E-state index contributed by atoms with van der Waals surface area (Å²) in [5.74, 6) is 0.834. The average Bonchev–Trinajstić information content (AvgIpc) is 3.12. The van der Waals surface area contributed by atoms with Gasteiger partial charge in [-0.1, -0.05) is 17.7 Å². The Bertz CT molecular complexity index is 401. The molecule has 1 aromatic carbocycles. The van der Waals surface area contributed by atoms with Crippen LogP contribution in [0.2, 0.25) is 0 Å². The molecule has 1 aliphatic rings.